The number of aromatic nitrogens is 2. The summed E-state index contributed by atoms with van der Waals surface area (Å²) in [5.41, 5.74) is 1.18. The SMILES string of the molecule is CC(C)(C)OC(=O)N[C@@H](Cc1cnc(C2CCC2)[nH]1)C(=O)NCc1ccccc1. The molecular weight excluding hydrogens is 368 g/mol. The third-order valence-corrected chi connectivity index (χ3v) is 4.88. The predicted molar refractivity (Wildman–Crippen MR) is 110 cm³/mol. The molecule has 1 aromatic carbocycles. The van der Waals surface area contributed by atoms with Gasteiger partial charge in [-0.05, 0) is 39.2 Å². The summed E-state index contributed by atoms with van der Waals surface area (Å²) < 4.78 is 5.33. The van der Waals surface area contributed by atoms with Gasteiger partial charge < -0.3 is 20.4 Å². The second-order valence-electron chi connectivity index (χ2n) is 8.53. The Morgan fingerprint density at radius 1 is 1.24 bits per heavy atom. The number of nitrogens with one attached hydrogen (secondary N) is 3. The Kier molecular flexibility index (Phi) is 6.56. The first-order chi connectivity index (χ1) is 13.8. The number of alkyl carbamates (subject to hydrolysis) is 1. The Morgan fingerprint density at radius 3 is 2.59 bits per heavy atom. The van der Waals surface area contributed by atoms with Crippen LogP contribution in [0.15, 0.2) is 36.5 Å². The zero-order chi connectivity index (χ0) is 20.9. The van der Waals surface area contributed by atoms with Gasteiger partial charge in [-0.3, -0.25) is 4.79 Å². The molecule has 1 aliphatic rings. The van der Waals surface area contributed by atoms with Crippen LogP contribution in [0, 0.1) is 0 Å². The number of carbonyl (C=O) groups is 2. The van der Waals surface area contributed by atoms with E-state index in [4.69, 9.17) is 4.74 Å². The monoisotopic (exact) mass is 398 g/mol. The van der Waals surface area contributed by atoms with Crippen molar-refractivity contribution in [2.75, 3.05) is 0 Å². The summed E-state index contributed by atoms with van der Waals surface area (Å²) in [5.74, 6) is 1.18. The van der Waals surface area contributed by atoms with E-state index in [-0.39, 0.29) is 5.91 Å². The van der Waals surface area contributed by atoms with Crippen molar-refractivity contribution >= 4 is 12.0 Å². The average molecular weight is 399 g/mol. The van der Waals surface area contributed by atoms with Crippen molar-refractivity contribution in [1.82, 2.24) is 20.6 Å². The van der Waals surface area contributed by atoms with Crippen LogP contribution >= 0.6 is 0 Å². The first-order valence-electron chi connectivity index (χ1n) is 10.1. The zero-order valence-corrected chi connectivity index (χ0v) is 17.3. The van der Waals surface area contributed by atoms with Gasteiger partial charge in [-0.2, -0.15) is 0 Å². The molecule has 1 aliphatic carbocycles. The highest BCUT2D eigenvalue weighted by Crippen LogP contribution is 2.34. The fourth-order valence-corrected chi connectivity index (χ4v) is 3.16. The summed E-state index contributed by atoms with van der Waals surface area (Å²) in [5, 5.41) is 5.60. The van der Waals surface area contributed by atoms with Gasteiger partial charge in [-0.25, -0.2) is 9.78 Å². The second kappa shape index (κ2) is 9.11. The van der Waals surface area contributed by atoms with Gasteiger partial charge in [-0.1, -0.05) is 36.8 Å². The molecule has 0 bridgehead atoms. The van der Waals surface area contributed by atoms with Gasteiger partial charge in [0.1, 0.15) is 17.5 Å². The summed E-state index contributed by atoms with van der Waals surface area (Å²) in [6.07, 6.45) is 4.97. The van der Waals surface area contributed by atoms with Crippen LogP contribution in [-0.4, -0.2) is 33.6 Å². The quantitative estimate of drug-likeness (QED) is 0.666. The van der Waals surface area contributed by atoms with E-state index in [2.05, 4.69) is 20.6 Å². The molecule has 7 nitrogen and oxygen atoms in total. The molecular formula is C22H30N4O3. The van der Waals surface area contributed by atoms with Crippen LogP contribution in [0.25, 0.3) is 0 Å². The number of rotatable bonds is 7. The molecule has 1 heterocycles. The lowest BCUT2D eigenvalue weighted by Crippen LogP contribution is -2.49. The standard InChI is InChI=1S/C22H30N4O3/c1-22(2,3)29-21(28)26-18(20(27)24-13-15-8-5-4-6-9-15)12-17-14-23-19(25-17)16-10-7-11-16/h4-6,8-9,14,16,18H,7,10-13H2,1-3H3,(H,23,25)(H,24,27)(H,26,28)/t18-/m0/s1. The molecule has 0 radical (unpaired) electrons. The third-order valence-electron chi connectivity index (χ3n) is 4.88. The fourth-order valence-electron chi connectivity index (χ4n) is 3.16. The van der Waals surface area contributed by atoms with Crippen LogP contribution in [0.1, 0.15) is 63.0 Å². The minimum absolute atomic E-state index is 0.264. The number of imidazole rings is 1. The van der Waals surface area contributed by atoms with Crippen LogP contribution in [0.4, 0.5) is 4.79 Å². The summed E-state index contributed by atoms with van der Waals surface area (Å²) in [7, 11) is 0. The molecule has 2 amide bonds. The maximum absolute atomic E-state index is 12.8. The van der Waals surface area contributed by atoms with Crippen molar-refractivity contribution in [2.24, 2.45) is 0 Å². The molecule has 0 aliphatic heterocycles. The number of hydrogen-bond donors (Lipinski definition) is 3. The lowest BCUT2D eigenvalue weighted by Gasteiger charge is -2.24. The van der Waals surface area contributed by atoms with Gasteiger partial charge in [0.15, 0.2) is 0 Å². The van der Waals surface area contributed by atoms with E-state index in [1.54, 1.807) is 27.0 Å². The van der Waals surface area contributed by atoms with Gasteiger partial charge >= 0.3 is 6.09 Å². The van der Waals surface area contributed by atoms with Gasteiger partial charge in [0, 0.05) is 30.8 Å². The number of hydrogen-bond acceptors (Lipinski definition) is 4. The summed E-state index contributed by atoms with van der Waals surface area (Å²) in [6.45, 7) is 5.76. The summed E-state index contributed by atoms with van der Waals surface area (Å²) >= 11 is 0. The minimum Gasteiger partial charge on any atom is -0.444 e. The predicted octanol–water partition coefficient (Wildman–Crippen LogP) is 3.43. The molecule has 0 saturated heterocycles. The van der Waals surface area contributed by atoms with Crippen LogP contribution < -0.4 is 10.6 Å². The van der Waals surface area contributed by atoms with E-state index in [1.165, 1.54) is 6.42 Å². The van der Waals surface area contributed by atoms with Crippen LogP contribution in [0.3, 0.4) is 0 Å². The first-order valence-corrected chi connectivity index (χ1v) is 10.1. The molecule has 0 unspecified atom stereocenters. The Bertz CT molecular complexity index is 822. The highest BCUT2D eigenvalue weighted by atomic mass is 16.6. The Morgan fingerprint density at radius 2 is 1.97 bits per heavy atom. The number of H-pyrrole nitrogens is 1. The van der Waals surface area contributed by atoms with Gasteiger partial charge in [0.05, 0.1) is 0 Å². The van der Waals surface area contributed by atoms with Crippen molar-refractivity contribution < 1.29 is 14.3 Å². The van der Waals surface area contributed by atoms with Crippen molar-refractivity contribution in [3.05, 3.63) is 53.6 Å². The highest BCUT2D eigenvalue weighted by Gasteiger charge is 2.27. The van der Waals surface area contributed by atoms with E-state index >= 15 is 0 Å². The Balaban J connectivity index is 1.65. The maximum atomic E-state index is 12.8. The zero-order valence-electron chi connectivity index (χ0n) is 17.3. The second-order valence-corrected chi connectivity index (χ2v) is 8.53. The largest absolute Gasteiger partial charge is 0.444 e. The van der Waals surface area contributed by atoms with E-state index in [9.17, 15) is 9.59 Å². The third kappa shape index (κ3) is 6.34. The topological polar surface area (TPSA) is 96.1 Å². The number of aromatic amines is 1. The number of amides is 2. The maximum Gasteiger partial charge on any atom is 0.408 e. The minimum atomic E-state index is -0.761. The summed E-state index contributed by atoms with van der Waals surface area (Å²) in [4.78, 5) is 32.8. The molecule has 1 aromatic heterocycles. The Hall–Kier alpha value is -2.83. The number of benzene rings is 1. The molecule has 29 heavy (non-hydrogen) atoms. The molecule has 156 valence electrons. The van der Waals surface area contributed by atoms with Crippen LogP contribution in [-0.2, 0) is 22.5 Å². The van der Waals surface area contributed by atoms with Gasteiger partial charge in [-0.15, -0.1) is 0 Å². The van der Waals surface area contributed by atoms with Gasteiger partial charge in [0.25, 0.3) is 0 Å². The molecule has 1 fully saturated rings. The number of nitrogens with zero attached hydrogens (tertiary/aromatic N) is 1. The lowest BCUT2D eigenvalue weighted by atomic mass is 9.85. The van der Waals surface area contributed by atoms with E-state index in [1.807, 2.05) is 30.3 Å². The lowest BCUT2D eigenvalue weighted by molar-refractivity contribution is -0.123. The molecule has 2 aromatic rings. The van der Waals surface area contributed by atoms with Crippen molar-refractivity contribution in [2.45, 2.75) is 70.6 Å². The first kappa shape index (κ1) is 20.9. The fraction of sp³-hybridized carbons (Fsp3) is 0.500. The average Bonchev–Trinajstić information content (AvgIpc) is 3.04. The summed E-state index contributed by atoms with van der Waals surface area (Å²) in [6, 6.07) is 8.89. The molecule has 1 saturated carbocycles. The molecule has 3 N–H and O–H groups in total. The molecule has 7 heteroatoms. The van der Waals surface area contributed by atoms with Crippen molar-refractivity contribution in [1.29, 1.82) is 0 Å². The van der Waals surface area contributed by atoms with E-state index in [0.29, 0.717) is 18.9 Å². The number of carbonyl (C=O) groups excluding carboxylic acids is 2. The Labute approximate surface area is 171 Å². The van der Waals surface area contributed by atoms with E-state index in [0.717, 1.165) is 29.9 Å². The van der Waals surface area contributed by atoms with Crippen molar-refractivity contribution in [3.63, 3.8) is 0 Å². The van der Waals surface area contributed by atoms with Crippen LogP contribution in [0.5, 0.6) is 0 Å². The van der Waals surface area contributed by atoms with E-state index < -0.39 is 17.7 Å². The normalized spacial score (nSPS) is 15.3. The smallest absolute Gasteiger partial charge is 0.408 e. The van der Waals surface area contributed by atoms with Crippen LogP contribution in [0.2, 0.25) is 0 Å². The molecule has 0 spiro atoms. The highest BCUT2D eigenvalue weighted by molar-refractivity contribution is 5.85. The number of ether oxygens (including phenoxy) is 1. The van der Waals surface area contributed by atoms with Crippen molar-refractivity contribution in [3.8, 4) is 0 Å². The molecule has 1 atom stereocenters. The molecule has 3 rings (SSSR count). The van der Waals surface area contributed by atoms with Gasteiger partial charge in [0.2, 0.25) is 5.91 Å².